The van der Waals surface area contributed by atoms with E-state index in [2.05, 4.69) is 39.4 Å². The average Bonchev–Trinajstić information content (AvgIpc) is 2.81. The molecular formula is C13H19N5. The van der Waals surface area contributed by atoms with Crippen molar-refractivity contribution in [1.29, 1.82) is 0 Å². The number of pyridine rings is 1. The molecule has 5 heteroatoms. The number of nitrogens with zero attached hydrogens (tertiary/aromatic N) is 4. The van der Waals surface area contributed by atoms with Crippen molar-refractivity contribution >= 4 is 11.3 Å². The average molecular weight is 245 g/mol. The molecule has 18 heavy (non-hydrogen) atoms. The Kier molecular flexibility index (Phi) is 3.15. The van der Waals surface area contributed by atoms with Crippen LogP contribution in [0, 0.1) is 0 Å². The van der Waals surface area contributed by atoms with Gasteiger partial charge >= 0.3 is 0 Å². The number of hydrogen-bond acceptors (Lipinski definition) is 4. The van der Waals surface area contributed by atoms with Gasteiger partial charge in [-0.2, -0.15) is 5.10 Å². The summed E-state index contributed by atoms with van der Waals surface area (Å²) in [7, 11) is 0. The van der Waals surface area contributed by atoms with Gasteiger partial charge in [-0.15, -0.1) is 0 Å². The van der Waals surface area contributed by atoms with Gasteiger partial charge in [0.05, 0.1) is 0 Å². The second kappa shape index (κ2) is 4.94. The molecule has 0 radical (unpaired) electrons. The summed E-state index contributed by atoms with van der Waals surface area (Å²) in [6.45, 7) is 6.38. The highest BCUT2D eigenvalue weighted by atomic mass is 15.3. The van der Waals surface area contributed by atoms with Crippen molar-refractivity contribution in [2.75, 3.05) is 31.1 Å². The topological polar surface area (TPSA) is 45.5 Å². The molecule has 0 amide bonds. The van der Waals surface area contributed by atoms with Crippen LogP contribution >= 0.6 is 0 Å². The van der Waals surface area contributed by atoms with E-state index in [9.17, 15) is 0 Å². The Morgan fingerprint density at radius 1 is 1.33 bits per heavy atom. The smallest absolute Gasteiger partial charge is 0.157 e. The lowest BCUT2D eigenvalue weighted by Crippen LogP contribution is -2.43. The summed E-state index contributed by atoms with van der Waals surface area (Å²) in [5, 5.41) is 7.83. The molecule has 0 unspecified atom stereocenters. The molecule has 0 atom stereocenters. The van der Waals surface area contributed by atoms with E-state index in [1.807, 2.05) is 10.7 Å². The SMILES string of the molecule is CCCc1nc2cc(N3CCNCC3)ccn2n1. The standard InChI is InChI=1S/C13H19N5/c1-2-3-12-15-13-10-11(4-7-18(13)16-12)17-8-5-14-6-9-17/h4,7,10,14H,2-3,5-6,8-9H2,1H3. The minimum Gasteiger partial charge on any atom is -0.369 e. The Hall–Kier alpha value is -1.62. The summed E-state index contributed by atoms with van der Waals surface area (Å²) in [6.07, 6.45) is 4.05. The van der Waals surface area contributed by atoms with Crippen LogP contribution in [-0.4, -0.2) is 40.8 Å². The Morgan fingerprint density at radius 2 is 2.17 bits per heavy atom. The van der Waals surface area contributed by atoms with Crippen molar-refractivity contribution in [1.82, 2.24) is 19.9 Å². The van der Waals surface area contributed by atoms with Gasteiger partial charge in [-0.1, -0.05) is 6.92 Å². The van der Waals surface area contributed by atoms with E-state index in [0.29, 0.717) is 0 Å². The van der Waals surface area contributed by atoms with Gasteiger partial charge in [-0.3, -0.25) is 0 Å². The zero-order valence-corrected chi connectivity index (χ0v) is 10.8. The van der Waals surface area contributed by atoms with Gasteiger partial charge in [-0.05, 0) is 12.5 Å². The Balaban J connectivity index is 1.89. The van der Waals surface area contributed by atoms with E-state index in [-0.39, 0.29) is 0 Å². The third-order valence-electron chi connectivity index (χ3n) is 3.32. The van der Waals surface area contributed by atoms with Gasteiger partial charge in [0.15, 0.2) is 11.5 Å². The molecule has 0 saturated carbocycles. The molecule has 3 rings (SSSR count). The van der Waals surface area contributed by atoms with Gasteiger partial charge in [-0.25, -0.2) is 9.50 Å². The Morgan fingerprint density at radius 3 is 2.94 bits per heavy atom. The van der Waals surface area contributed by atoms with Crippen molar-refractivity contribution < 1.29 is 0 Å². The maximum Gasteiger partial charge on any atom is 0.157 e. The van der Waals surface area contributed by atoms with E-state index in [0.717, 1.165) is 50.5 Å². The fourth-order valence-corrected chi connectivity index (χ4v) is 2.37. The van der Waals surface area contributed by atoms with E-state index in [1.165, 1.54) is 5.69 Å². The monoisotopic (exact) mass is 245 g/mol. The van der Waals surface area contributed by atoms with Gasteiger partial charge in [0.1, 0.15) is 0 Å². The van der Waals surface area contributed by atoms with Crippen molar-refractivity contribution in [3.8, 4) is 0 Å². The summed E-state index contributed by atoms with van der Waals surface area (Å²) in [4.78, 5) is 6.96. The second-order valence-electron chi connectivity index (χ2n) is 4.70. The first-order valence-electron chi connectivity index (χ1n) is 6.68. The van der Waals surface area contributed by atoms with Crippen LogP contribution in [0.1, 0.15) is 19.2 Å². The molecule has 96 valence electrons. The van der Waals surface area contributed by atoms with Crippen LogP contribution < -0.4 is 10.2 Å². The zero-order chi connectivity index (χ0) is 12.4. The number of hydrogen-bond donors (Lipinski definition) is 1. The second-order valence-corrected chi connectivity index (χ2v) is 4.70. The van der Waals surface area contributed by atoms with E-state index in [4.69, 9.17) is 0 Å². The highest BCUT2D eigenvalue weighted by Gasteiger charge is 2.11. The molecule has 1 aliphatic rings. The maximum atomic E-state index is 4.57. The molecule has 0 aliphatic carbocycles. The van der Waals surface area contributed by atoms with Gasteiger partial charge in [0, 0.05) is 50.6 Å². The normalized spacial score (nSPS) is 16.4. The zero-order valence-electron chi connectivity index (χ0n) is 10.8. The van der Waals surface area contributed by atoms with Crippen LogP contribution in [0.25, 0.3) is 5.65 Å². The molecule has 2 aromatic rings. The predicted octanol–water partition coefficient (Wildman–Crippen LogP) is 1.09. The van der Waals surface area contributed by atoms with Crippen LogP contribution in [0.4, 0.5) is 5.69 Å². The van der Waals surface area contributed by atoms with Crippen LogP contribution in [0.2, 0.25) is 0 Å². The van der Waals surface area contributed by atoms with Gasteiger partial charge in [0.25, 0.3) is 0 Å². The van der Waals surface area contributed by atoms with Gasteiger partial charge < -0.3 is 10.2 Å². The first-order chi connectivity index (χ1) is 8.86. The third-order valence-corrected chi connectivity index (χ3v) is 3.32. The quantitative estimate of drug-likeness (QED) is 0.879. The summed E-state index contributed by atoms with van der Waals surface area (Å²) < 4.78 is 1.87. The molecule has 0 aromatic carbocycles. The molecule has 0 spiro atoms. The van der Waals surface area contributed by atoms with Crippen LogP contribution in [0.5, 0.6) is 0 Å². The first-order valence-corrected chi connectivity index (χ1v) is 6.68. The van der Waals surface area contributed by atoms with Crippen LogP contribution in [0.15, 0.2) is 18.3 Å². The van der Waals surface area contributed by atoms with E-state index in [1.54, 1.807) is 0 Å². The minimum atomic E-state index is 0.940. The summed E-state index contributed by atoms with van der Waals surface area (Å²) in [5.41, 5.74) is 2.20. The van der Waals surface area contributed by atoms with E-state index < -0.39 is 0 Å². The molecule has 1 aliphatic heterocycles. The van der Waals surface area contributed by atoms with Crippen molar-refractivity contribution in [2.45, 2.75) is 19.8 Å². The summed E-state index contributed by atoms with van der Waals surface area (Å²) >= 11 is 0. The van der Waals surface area contributed by atoms with Crippen LogP contribution in [-0.2, 0) is 6.42 Å². The molecule has 1 saturated heterocycles. The fourth-order valence-electron chi connectivity index (χ4n) is 2.37. The molecule has 5 nitrogen and oxygen atoms in total. The number of aryl methyl sites for hydroxylation is 1. The minimum absolute atomic E-state index is 0.940. The molecule has 2 aromatic heterocycles. The van der Waals surface area contributed by atoms with Gasteiger partial charge in [0.2, 0.25) is 0 Å². The molecule has 0 bridgehead atoms. The Labute approximate surface area is 107 Å². The maximum absolute atomic E-state index is 4.57. The number of rotatable bonds is 3. The van der Waals surface area contributed by atoms with Crippen molar-refractivity contribution in [2.24, 2.45) is 0 Å². The Bertz CT molecular complexity index is 527. The lowest BCUT2D eigenvalue weighted by Gasteiger charge is -2.29. The lowest BCUT2D eigenvalue weighted by atomic mass is 10.3. The van der Waals surface area contributed by atoms with E-state index >= 15 is 0 Å². The molecule has 3 heterocycles. The first kappa shape index (κ1) is 11.5. The predicted molar refractivity (Wildman–Crippen MR) is 72.1 cm³/mol. The third kappa shape index (κ3) is 2.18. The number of piperazine rings is 1. The number of anilines is 1. The molecule has 1 fully saturated rings. The molecule has 1 N–H and O–H groups in total. The number of aromatic nitrogens is 3. The summed E-state index contributed by atoms with van der Waals surface area (Å²) in [6, 6.07) is 4.26. The molecular weight excluding hydrogens is 226 g/mol. The lowest BCUT2D eigenvalue weighted by molar-refractivity contribution is 0.589. The van der Waals surface area contributed by atoms with Crippen molar-refractivity contribution in [3.05, 3.63) is 24.2 Å². The van der Waals surface area contributed by atoms with Crippen molar-refractivity contribution in [3.63, 3.8) is 0 Å². The highest BCUT2D eigenvalue weighted by molar-refractivity contribution is 5.56. The fraction of sp³-hybridized carbons (Fsp3) is 0.538. The summed E-state index contributed by atoms with van der Waals surface area (Å²) in [5.74, 6) is 0.940. The highest BCUT2D eigenvalue weighted by Crippen LogP contribution is 2.16. The van der Waals surface area contributed by atoms with Crippen LogP contribution in [0.3, 0.4) is 0 Å². The number of fused-ring (bicyclic) bond motifs is 1. The number of nitrogens with one attached hydrogen (secondary N) is 1. The largest absolute Gasteiger partial charge is 0.369 e.